The van der Waals surface area contributed by atoms with E-state index < -0.39 is 9.84 Å². The van der Waals surface area contributed by atoms with Crippen LogP contribution in [0.3, 0.4) is 0 Å². The van der Waals surface area contributed by atoms with Crippen LogP contribution >= 0.6 is 22.9 Å². The highest BCUT2D eigenvalue weighted by Crippen LogP contribution is 2.30. The van der Waals surface area contributed by atoms with Gasteiger partial charge >= 0.3 is 0 Å². The molecule has 1 aliphatic rings. The maximum atomic E-state index is 12.7. The number of sulfone groups is 1. The lowest BCUT2D eigenvalue weighted by atomic mass is 10.2. The van der Waals surface area contributed by atoms with E-state index in [2.05, 4.69) is 4.98 Å². The maximum Gasteiger partial charge on any atom is 0.265 e. The SMILES string of the molecule is Cc1nc(-c2ccc(Cl)cc2)sc1C(=O)N(C)C1CCS(=O)(=O)C1. The van der Waals surface area contributed by atoms with Crippen molar-refractivity contribution in [2.24, 2.45) is 0 Å². The van der Waals surface area contributed by atoms with Crippen LogP contribution in [0.25, 0.3) is 10.6 Å². The van der Waals surface area contributed by atoms with E-state index in [0.717, 1.165) is 10.6 Å². The summed E-state index contributed by atoms with van der Waals surface area (Å²) in [6.07, 6.45) is 0.493. The van der Waals surface area contributed by atoms with Gasteiger partial charge in [-0.3, -0.25) is 4.79 Å². The molecule has 1 unspecified atom stereocenters. The van der Waals surface area contributed by atoms with Gasteiger partial charge in [0, 0.05) is 23.7 Å². The molecule has 1 aromatic carbocycles. The molecule has 1 aromatic heterocycles. The number of aromatic nitrogens is 1. The van der Waals surface area contributed by atoms with E-state index in [1.807, 2.05) is 12.1 Å². The summed E-state index contributed by atoms with van der Waals surface area (Å²) in [6, 6.07) is 7.03. The van der Waals surface area contributed by atoms with Crippen LogP contribution in [0.2, 0.25) is 5.02 Å². The zero-order chi connectivity index (χ0) is 17.5. The Labute approximate surface area is 150 Å². The molecule has 128 valence electrons. The van der Waals surface area contributed by atoms with Crippen molar-refractivity contribution in [3.63, 3.8) is 0 Å². The number of aryl methyl sites for hydroxylation is 1. The predicted molar refractivity (Wildman–Crippen MR) is 96.4 cm³/mol. The quantitative estimate of drug-likeness (QED) is 0.815. The number of thiazole rings is 1. The Morgan fingerprint density at radius 2 is 2.00 bits per heavy atom. The van der Waals surface area contributed by atoms with Gasteiger partial charge in [-0.15, -0.1) is 11.3 Å². The molecule has 24 heavy (non-hydrogen) atoms. The largest absolute Gasteiger partial charge is 0.337 e. The van der Waals surface area contributed by atoms with E-state index in [1.54, 1.807) is 26.1 Å². The number of rotatable bonds is 3. The molecule has 1 fully saturated rings. The first-order chi connectivity index (χ1) is 11.3. The van der Waals surface area contributed by atoms with Gasteiger partial charge in [0.25, 0.3) is 5.91 Å². The Balaban J connectivity index is 1.84. The molecule has 0 saturated carbocycles. The number of amides is 1. The fraction of sp³-hybridized carbons (Fsp3) is 0.375. The van der Waals surface area contributed by atoms with Crippen molar-refractivity contribution in [2.75, 3.05) is 18.6 Å². The standard InChI is InChI=1S/C16H17ClN2O3S2/c1-10-14(16(20)19(2)13-7-8-24(21,22)9-13)23-15(18-10)11-3-5-12(17)6-4-11/h3-6,13H,7-9H2,1-2H3. The summed E-state index contributed by atoms with van der Waals surface area (Å²) in [5.41, 5.74) is 1.56. The lowest BCUT2D eigenvalue weighted by molar-refractivity contribution is 0.0751. The van der Waals surface area contributed by atoms with Gasteiger partial charge in [0.2, 0.25) is 0 Å². The Kier molecular flexibility index (Phi) is 4.68. The van der Waals surface area contributed by atoms with Gasteiger partial charge in [0.15, 0.2) is 9.84 Å². The van der Waals surface area contributed by atoms with Crippen molar-refractivity contribution in [3.05, 3.63) is 39.9 Å². The van der Waals surface area contributed by atoms with Crippen LogP contribution in [0.1, 0.15) is 21.8 Å². The molecule has 5 nitrogen and oxygen atoms in total. The van der Waals surface area contributed by atoms with Crippen molar-refractivity contribution in [1.82, 2.24) is 9.88 Å². The van der Waals surface area contributed by atoms with Crippen LogP contribution in [0.5, 0.6) is 0 Å². The molecule has 8 heteroatoms. The number of hydrogen-bond donors (Lipinski definition) is 0. The number of benzene rings is 1. The molecule has 0 radical (unpaired) electrons. The summed E-state index contributed by atoms with van der Waals surface area (Å²) in [5.74, 6) is 0.0109. The Morgan fingerprint density at radius 1 is 1.33 bits per heavy atom. The minimum Gasteiger partial charge on any atom is -0.337 e. The van der Waals surface area contributed by atoms with E-state index in [4.69, 9.17) is 11.6 Å². The van der Waals surface area contributed by atoms with Crippen molar-refractivity contribution < 1.29 is 13.2 Å². The zero-order valence-electron chi connectivity index (χ0n) is 13.3. The third-order valence-electron chi connectivity index (χ3n) is 4.16. The number of hydrogen-bond acceptors (Lipinski definition) is 5. The highest BCUT2D eigenvalue weighted by molar-refractivity contribution is 7.91. The molecule has 2 heterocycles. The number of halogens is 1. The molecule has 1 saturated heterocycles. The van der Waals surface area contributed by atoms with E-state index in [1.165, 1.54) is 16.2 Å². The molecular formula is C16H17ClN2O3S2. The second-order valence-corrected chi connectivity index (χ2v) is 9.58. The lowest BCUT2D eigenvalue weighted by Crippen LogP contribution is -2.37. The predicted octanol–water partition coefficient (Wildman–Crippen LogP) is 3.03. The summed E-state index contributed by atoms with van der Waals surface area (Å²) in [5, 5.41) is 1.39. The second kappa shape index (κ2) is 6.46. The van der Waals surface area contributed by atoms with Crippen LogP contribution in [0.4, 0.5) is 0 Å². The fourth-order valence-electron chi connectivity index (χ4n) is 2.72. The molecule has 0 N–H and O–H groups in total. The molecule has 0 aliphatic carbocycles. The van der Waals surface area contributed by atoms with Crippen LogP contribution in [-0.4, -0.2) is 48.8 Å². The monoisotopic (exact) mass is 384 g/mol. The van der Waals surface area contributed by atoms with Crippen molar-refractivity contribution in [3.8, 4) is 10.6 Å². The van der Waals surface area contributed by atoms with Gasteiger partial charge in [0.05, 0.1) is 17.2 Å². The maximum absolute atomic E-state index is 12.7. The highest BCUT2D eigenvalue weighted by Gasteiger charge is 2.34. The van der Waals surface area contributed by atoms with Gasteiger partial charge in [-0.1, -0.05) is 23.7 Å². The molecule has 0 bridgehead atoms. The summed E-state index contributed by atoms with van der Waals surface area (Å²) in [7, 11) is -1.37. The molecule has 0 spiro atoms. The molecule has 1 atom stereocenters. The first-order valence-corrected chi connectivity index (χ1v) is 10.5. The zero-order valence-corrected chi connectivity index (χ0v) is 15.7. The van der Waals surface area contributed by atoms with E-state index in [0.29, 0.717) is 22.0 Å². The minimum absolute atomic E-state index is 0.0388. The average molecular weight is 385 g/mol. The lowest BCUT2D eigenvalue weighted by Gasteiger charge is -2.22. The van der Waals surface area contributed by atoms with Gasteiger partial charge in [-0.05, 0) is 25.5 Å². The second-order valence-electron chi connectivity index (χ2n) is 5.91. The molecular weight excluding hydrogens is 368 g/mol. The van der Waals surface area contributed by atoms with Crippen LogP contribution in [-0.2, 0) is 9.84 Å². The van der Waals surface area contributed by atoms with E-state index >= 15 is 0 Å². The smallest absolute Gasteiger partial charge is 0.265 e. The topological polar surface area (TPSA) is 67.3 Å². The summed E-state index contributed by atoms with van der Waals surface area (Å²) in [4.78, 5) is 19.3. The number of carbonyl (C=O) groups excluding carboxylic acids is 1. The Bertz CT molecular complexity index is 875. The van der Waals surface area contributed by atoms with Gasteiger partial charge in [-0.2, -0.15) is 0 Å². The van der Waals surface area contributed by atoms with Crippen LogP contribution in [0.15, 0.2) is 24.3 Å². The Morgan fingerprint density at radius 3 is 2.58 bits per heavy atom. The summed E-state index contributed by atoms with van der Waals surface area (Å²) in [6.45, 7) is 1.79. The Hall–Kier alpha value is -1.44. The van der Waals surface area contributed by atoms with Crippen molar-refractivity contribution in [1.29, 1.82) is 0 Å². The molecule has 2 aromatic rings. The molecule has 1 amide bonds. The summed E-state index contributed by atoms with van der Waals surface area (Å²) < 4.78 is 23.3. The van der Waals surface area contributed by atoms with Gasteiger partial charge in [-0.25, -0.2) is 13.4 Å². The van der Waals surface area contributed by atoms with Crippen molar-refractivity contribution in [2.45, 2.75) is 19.4 Å². The molecule has 3 rings (SSSR count). The third-order valence-corrected chi connectivity index (χ3v) is 7.36. The first-order valence-electron chi connectivity index (χ1n) is 7.48. The highest BCUT2D eigenvalue weighted by atomic mass is 35.5. The van der Waals surface area contributed by atoms with Gasteiger partial charge in [0.1, 0.15) is 9.88 Å². The normalized spacial score (nSPS) is 19.4. The minimum atomic E-state index is -3.03. The first kappa shape index (κ1) is 17.4. The average Bonchev–Trinajstić information content (AvgIpc) is 3.09. The van der Waals surface area contributed by atoms with E-state index in [-0.39, 0.29) is 23.5 Å². The van der Waals surface area contributed by atoms with Crippen LogP contribution < -0.4 is 0 Å². The van der Waals surface area contributed by atoms with Crippen LogP contribution in [0, 0.1) is 6.92 Å². The number of carbonyl (C=O) groups is 1. The van der Waals surface area contributed by atoms with Crippen molar-refractivity contribution >= 4 is 38.7 Å². The molecule has 1 aliphatic heterocycles. The number of nitrogens with zero attached hydrogens (tertiary/aromatic N) is 2. The summed E-state index contributed by atoms with van der Waals surface area (Å²) >= 11 is 7.22. The third kappa shape index (κ3) is 3.48. The fourth-order valence-corrected chi connectivity index (χ4v) is 5.67. The van der Waals surface area contributed by atoms with E-state index in [9.17, 15) is 13.2 Å². The van der Waals surface area contributed by atoms with Gasteiger partial charge < -0.3 is 4.90 Å².